The van der Waals surface area contributed by atoms with Gasteiger partial charge in [-0.3, -0.25) is 4.79 Å². The summed E-state index contributed by atoms with van der Waals surface area (Å²) in [6.07, 6.45) is 1.92. The summed E-state index contributed by atoms with van der Waals surface area (Å²) in [7, 11) is 3.80. The van der Waals surface area contributed by atoms with Crippen LogP contribution in [0.1, 0.15) is 18.4 Å². The van der Waals surface area contributed by atoms with Crippen molar-refractivity contribution in [2.24, 2.45) is 0 Å². The fourth-order valence-corrected chi connectivity index (χ4v) is 2.93. The Morgan fingerprint density at radius 3 is 2.65 bits per heavy atom. The Morgan fingerprint density at radius 1 is 1.23 bits per heavy atom. The van der Waals surface area contributed by atoms with Gasteiger partial charge in [-0.25, -0.2) is 4.39 Å². The normalized spacial score (nSPS) is 17.0. The summed E-state index contributed by atoms with van der Waals surface area (Å²) in [6, 6.07) is 9.69. The third-order valence-corrected chi connectivity index (χ3v) is 4.37. The SMILES string of the molecule is CN(C)c1ccc(OC2CCCN(C(=O)Cc3ccc(F)cc3)C2)nn1. The zero-order valence-electron chi connectivity index (χ0n) is 15.1. The van der Waals surface area contributed by atoms with Crippen molar-refractivity contribution in [3.63, 3.8) is 0 Å². The molecule has 1 unspecified atom stereocenters. The van der Waals surface area contributed by atoms with Gasteiger partial charge in [0.2, 0.25) is 11.8 Å². The maximum absolute atomic E-state index is 13.0. The number of halogens is 1. The first kappa shape index (κ1) is 18.1. The highest BCUT2D eigenvalue weighted by Gasteiger charge is 2.25. The van der Waals surface area contributed by atoms with Gasteiger partial charge < -0.3 is 14.5 Å². The molecule has 1 amide bonds. The average Bonchev–Trinajstić information content (AvgIpc) is 2.64. The van der Waals surface area contributed by atoms with E-state index < -0.39 is 0 Å². The molecule has 26 heavy (non-hydrogen) atoms. The number of nitrogens with zero attached hydrogens (tertiary/aromatic N) is 4. The van der Waals surface area contributed by atoms with Gasteiger partial charge in [0.05, 0.1) is 13.0 Å². The smallest absolute Gasteiger partial charge is 0.233 e. The molecule has 1 saturated heterocycles. The Labute approximate surface area is 152 Å². The molecule has 0 bridgehead atoms. The quantitative estimate of drug-likeness (QED) is 0.821. The minimum absolute atomic E-state index is 0.0268. The van der Waals surface area contributed by atoms with Crippen LogP contribution in [0.15, 0.2) is 36.4 Å². The van der Waals surface area contributed by atoms with Crippen LogP contribution in [-0.2, 0) is 11.2 Å². The molecule has 7 heteroatoms. The molecule has 0 saturated carbocycles. The molecule has 0 spiro atoms. The Morgan fingerprint density at radius 2 is 2.00 bits per heavy atom. The average molecular weight is 358 g/mol. The number of carbonyl (C=O) groups is 1. The number of aromatic nitrogens is 2. The number of anilines is 1. The molecule has 1 aromatic carbocycles. The number of carbonyl (C=O) groups excluding carboxylic acids is 1. The molecule has 0 aliphatic carbocycles. The van der Waals surface area contributed by atoms with Gasteiger partial charge in [-0.15, -0.1) is 10.2 Å². The van der Waals surface area contributed by atoms with E-state index in [0.29, 0.717) is 19.0 Å². The van der Waals surface area contributed by atoms with Gasteiger partial charge in [-0.1, -0.05) is 12.1 Å². The lowest BCUT2D eigenvalue weighted by atomic mass is 10.1. The second-order valence-electron chi connectivity index (χ2n) is 6.65. The standard InChI is InChI=1S/C19H23FN4O2/c1-23(2)17-9-10-18(22-21-17)26-16-4-3-11-24(13-16)19(25)12-14-5-7-15(20)8-6-14/h5-10,16H,3-4,11-13H2,1-2H3. The molecule has 1 atom stereocenters. The van der Waals surface area contributed by atoms with Crippen molar-refractivity contribution < 1.29 is 13.9 Å². The molecule has 1 fully saturated rings. The molecule has 0 N–H and O–H groups in total. The van der Waals surface area contributed by atoms with Crippen LogP contribution in [0.4, 0.5) is 10.2 Å². The molecule has 6 nitrogen and oxygen atoms in total. The second kappa shape index (κ2) is 8.12. The van der Waals surface area contributed by atoms with Gasteiger partial charge in [-0.05, 0) is 36.6 Å². The summed E-state index contributed by atoms with van der Waals surface area (Å²) in [5.41, 5.74) is 0.810. The lowest BCUT2D eigenvalue weighted by Gasteiger charge is -2.32. The topological polar surface area (TPSA) is 58.6 Å². The van der Waals surface area contributed by atoms with E-state index in [2.05, 4.69) is 10.2 Å². The van der Waals surface area contributed by atoms with E-state index in [1.807, 2.05) is 25.1 Å². The van der Waals surface area contributed by atoms with Crippen molar-refractivity contribution in [2.45, 2.75) is 25.4 Å². The van der Waals surface area contributed by atoms with E-state index in [9.17, 15) is 9.18 Å². The number of piperidine rings is 1. The van der Waals surface area contributed by atoms with E-state index in [4.69, 9.17) is 4.74 Å². The number of hydrogen-bond acceptors (Lipinski definition) is 5. The first-order chi connectivity index (χ1) is 12.5. The predicted molar refractivity (Wildman–Crippen MR) is 96.7 cm³/mol. The molecule has 138 valence electrons. The van der Waals surface area contributed by atoms with E-state index >= 15 is 0 Å². The molecule has 1 aliphatic rings. The number of ether oxygens (including phenoxy) is 1. The predicted octanol–water partition coefficient (Wildman–Crippen LogP) is 2.29. The van der Waals surface area contributed by atoms with E-state index in [0.717, 1.165) is 24.2 Å². The van der Waals surface area contributed by atoms with Gasteiger partial charge in [0, 0.05) is 26.7 Å². The zero-order chi connectivity index (χ0) is 18.5. The summed E-state index contributed by atoms with van der Waals surface area (Å²) in [6.45, 7) is 1.24. The van der Waals surface area contributed by atoms with Crippen molar-refractivity contribution in [1.29, 1.82) is 0 Å². The summed E-state index contributed by atoms with van der Waals surface area (Å²) < 4.78 is 18.9. The van der Waals surface area contributed by atoms with E-state index in [1.54, 1.807) is 23.1 Å². The molecule has 2 aromatic rings. The number of amides is 1. The Bertz CT molecular complexity index is 734. The molecule has 1 aliphatic heterocycles. The van der Waals surface area contributed by atoms with Crippen LogP contribution in [-0.4, -0.2) is 54.3 Å². The highest BCUT2D eigenvalue weighted by atomic mass is 19.1. The number of likely N-dealkylation sites (tertiary alicyclic amines) is 1. The highest BCUT2D eigenvalue weighted by Crippen LogP contribution is 2.18. The zero-order valence-corrected chi connectivity index (χ0v) is 15.1. The van der Waals surface area contributed by atoms with Crippen LogP contribution in [0.3, 0.4) is 0 Å². The minimum atomic E-state index is -0.297. The Hall–Kier alpha value is -2.70. The van der Waals surface area contributed by atoms with Gasteiger partial charge in [0.15, 0.2) is 5.82 Å². The molecule has 2 heterocycles. The Balaban J connectivity index is 1.56. The van der Waals surface area contributed by atoms with Crippen molar-refractivity contribution in [3.8, 4) is 5.88 Å². The molecular weight excluding hydrogens is 335 g/mol. The lowest BCUT2D eigenvalue weighted by Crippen LogP contribution is -2.45. The third kappa shape index (κ3) is 4.68. The van der Waals surface area contributed by atoms with Crippen LogP contribution < -0.4 is 9.64 Å². The Kier molecular flexibility index (Phi) is 5.65. The van der Waals surface area contributed by atoms with Gasteiger partial charge >= 0.3 is 0 Å². The summed E-state index contributed by atoms with van der Waals surface area (Å²) in [5, 5.41) is 8.19. The first-order valence-electron chi connectivity index (χ1n) is 8.71. The van der Waals surface area contributed by atoms with E-state index in [1.165, 1.54) is 12.1 Å². The molecule has 1 aromatic heterocycles. The van der Waals surface area contributed by atoms with Gasteiger partial charge in [0.1, 0.15) is 11.9 Å². The lowest BCUT2D eigenvalue weighted by molar-refractivity contribution is -0.133. The van der Waals surface area contributed by atoms with Crippen molar-refractivity contribution in [1.82, 2.24) is 15.1 Å². The van der Waals surface area contributed by atoms with Crippen molar-refractivity contribution in [3.05, 3.63) is 47.8 Å². The van der Waals surface area contributed by atoms with Gasteiger partial charge in [0.25, 0.3) is 0 Å². The highest BCUT2D eigenvalue weighted by molar-refractivity contribution is 5.78. The van der Waals surface area contributed by atoms with Crippen LogP contribution >= 0.6 is 0 Å². The molecular formula is C19H23FN4O2. The molecule has 0 radical (unpaired) electrons. The van der Waals surface area contributed by atoms with Crippen molar-refractivity contribution in [2.75, 3.05) is 32.1 Å². The summed E-state index contributed by atoms with van der Waals surface area (Å²) in [4.78, 5) is 16.2. The maximum Gasteiger partial charge on any atom is 0.233 e. The number of benzene rings is 1. The van der Waals surface area contributed by atoms with Gasteiger partial charge in [-0.2, -0.15) is 0 Å². The van der Waals surface area contributed by atoms with E-state index in [-0.39, 0.29) is 24.2 Å². The fourth-order valence-electron chi connectivity index (χ4n) is 2.93. The molecule has 3 rings (SSSR count). The number of rotatable bonds is 5. The van der Waals surface area contributed by atoms with Crippen LogP contribution in [0.2, 0.25) is 0 Å². The monoisotopic (exact) mass is 358 g/mol. The van der Waals surface area contributed by atoms with Crippen molar-refractivity contribution >= 4 is 11.7 Å². The van der Waals surface area contributed by atoms with Crippen LogP contribution in [0, 0.1) is 5.82 Å². The maximum atomic E-state index is 13.0. The minimum Gasteiger partial charge on any atom is -0.471 e. The first-order valence-corrected chi connectivity index (χ1v) is 8.71. The fraction of sp³-hybridized carbons (Fsp3) is 0.421. The number of hydrogen-bond donors (Lipinski definition) is 0. The third-order valence-electron chi connectivity index (χ3n) is 4.37. The van der Waals surface area contributed by atoms with Crippen LogP contribution in [0.25, 0.3) is 0 Å². The summed E-state index contributed by atoms with van der Waals surface area (Å²) >= 11 is 0. The second-order valence-corrected chi connectivity index (χ2v) is 6.65. The summed E-state index contributed by atoms with van der Waals surface area (Å²) in [5.74, 6) is 0.957. The largest absolute Gasteiger partial charge is 0.471 e. The van der Waals surface area contributed by atoms with Crippen LogP contribution in [0.5, 0.6) is 5.88 Å².